The molecular weight excluding hydrogens is 222 g/mol. The predicted molar refractivity (Wildman–Crippen MR) is 76.4 cm³/mol. The summed E-state index contributed by atoms with van der Waals surface area (Å²) < 4.78 is 0. The molecule has 0 heterocycles. The van der Waals surface area contributed by atoms with Crippen molar-refractivity contribution in [2.75, 3.05) is 5.32 Å². The van der Waals surface area contributed by atoms with Crippen LogP contribution in [0.5, 0.6) is 0 Å². The van der Waals surface area contributed by atoms with Crippen LogP contribution < -0.4 is 5.32 Å². The minimum atomic E-state index is 0.0833. The van der Waals surface area contributed by atoms with Gasteiger partial charge in [-0.2, -0.15) is 0 Å². The van der Waals surface area contributed by atoms with Gasteiger partial charge in [-0.1, -0.05) is 38.5 Å². The number of terminal acetylenes is 1. The molecule has 1 N–H and O–H groups in total. The third kappa shape index (κ3) is 5.54. The largest absolute Gasteiger partial charge is 0.326 e. The van der Waals surface area contributed by atoms with E-state index in [1.807, 2.05) is 24.3 Å². The zero-order valence-corrected chi connectivity index (χ0v) is 11.0. The van der Waals surface area contributed by atoms with Gasteiger partial charge in [0, 0.05) is 17.7 Å². The predicted octanol–water partition coefficient (Wildman–Crippen LogP) is 3.97. The molecule has 96 valence electrons. The second kappa shape index (κ2) is 8.36. The molecule has 0 radical (unpaired) electrons. The zero-order valence-electron chi connectivity index (χ0n) is 11.0. The van der Waals surface area contributed by atoms with Crippen LogP contribution in [0.15, 0.2) is 24.3 Å². The van der Waals surface area contributed by atoms with Gasteiger partial charge in [-0.05, 0) is 30.7 Å². The maximum Gasteiger partial charge on any atom is 0.224 e. The smallest absolute Gasteiger partial charge is 0.224 e. The van der Waals surface area contributed by atoms with Gasteiger partial charge < -0.3 is 5.32 Å². The molecule has 1 aromatic rings. The van der Waals surface area contributed by atoms with Gasteiger partial charge in [-0.15, -0.1) is 6.42 Å². The number of nitrogens with one attached hydrogen (secondary N) is 1. The molecule has 0 saturated carbocycles. The van der Waals surface area contributed by atoms with E-state index in [9.17, 15) is 4.79 Å². The summed E-state index contributed by atoms with van der Waals surface area (Å²) >= 11 is 0. The number of unbranched alkanes of at least 4 members (excludes halogenated alkanes) is 4. The van der Waals surface area contributed by atoms with E-state index in [0.29, 0.717) is 6.42 Å². The van der Waals surface area contributed by atoms with Crippen molar-refractivity contribution in [1.82, 2.24) is 0 Å². The number of hydrogen-bond donors (Lipinski definition) is 1. The highest BCUT2D eigenvalue weighted by Crippen LogP contribution is 2.10. The second-order valence-corrected chi connectivity index (χ2v) is 4.43. The Morgan fingerprint density at radius 3 is 2.44 bits per heavy atom. The highest BCUT2D eigenvalue weighted by Gasteiger charge is 2.01. The lowest BCUT2D eigenvalue weighted by Crippen LogP contribution is -2.10. The van der Waals surface area contributed by atoms with Gasteiger partial charge in [0.1, 0.15) is 0 Å². The molecule has 0 fully saturated rings. The molecule has 0 unspecified atom stereocenters. The molecule has 0 aliphatic rings. The summed E-state index contributed by atoms with van der Waals surface area (Å²) in [6, 6.07) is 7.34. The van der Waals surface area contributed by atoms with E-state index < -0.39 is 0 Å². The Kier molecular flexibility index (Phi) is 6.64. The Balaban J connectivity index is 2.25. The van der Waals surface area contributed by atoms with Crippen molar-refractivity contribution in [3.8, 4) is 12.3 Å². The summed E-state index contributed by atoms with van der Waals surface area (Å²) in [6.07, 6.45) is 11.7. The fourth-order valence-electron chi connectivity index (χ4n) is 1.76. The molecule has 0 saturated heterocycles. The number of hydrogen-bond acceptors (Lipinski definition) is 1. The van der Waals surface area contributed by atoms with E-state index in [1.165, 1.54) is 19.3 Å². The number of amides is 1. The molecule has 1 aromatic carbocycles. The van der Waals surface area contributed by atoms with Gasteiger partial charge in [-0.25, -0.2) is 0 Å². The Hall–Kier alpha value is -1.75. The van der Waals surface area contributed by atoms with E-state index in [1.54, 1.807) is 0 Å². The van der Waals surface area contributed by atoms with E-state index in [4.69, 9.17) is 6.42 Å². The van der Waals surface area contributed by atoms with Crippen LogP contribution in [0, 0.1) is 12.3 Å². The SMILES string of the molecule is C#Cc1ccc(NC(=O)CCCCCCC)cc1. The molecule has 0 spiro atoms. The van der Waals surface area contributed by atoms with Crippen molar-refractivity contribution < 1.29 is 4.79 Å². The Labute approximate surface area is 110 Å². The van der Waals surface area contributed by atoms with E-state index in [2.05, 4.69) is 18.2 Å². The number of anilines is 1. The average Bonchev–Trinajstić information content (AvgIpc) is 2.39. The molecule has 18 heavy (non-hydrogen) atoms. The van der Waals surface area contributed by atoms with E-state index in [-0.39, 0.29) is 5.91 Å². The highest BCUT2D eigenvalue weighted by molar-refractivity contribution is 5.90. The molecule has 1 rings (SSSR count). The molecule has 0 aliphatic heterocycles. The summed E-state index contributed by atoms with van der Waals surface area (Å²) in [4.78, 5) is 11.6. The Morgan fingerprint density at radius 1 is 1.17 bits per heavy atom. The normalized spacial score (nSPS) is 9.78. The van der Waals surface area contributed by atoms with Gasteiger partial charge in [0.2, 0.25) is 5.91 Å². The lowest BCUT2D eigenvalue weighted by molar-refractivity contribution is -0.116. The summed E-state index contributed by atoms with van der Waals surface area (Å²) in [7, 11) is 0. The molecule has 1 amide bonds. The van der Waals surface area contributed by atoms with Crippen LogP contribution in [0.2, 0.25) is 0 Å². The minimum absolute atomic E-state index is 0.0833. The molecule has 0 atom stereocenters. The van der Waals surface area contributed by atoms with Crippen LogP contribution in [0.1, 0.15) is 51.0 Å². The number of rotatable bonds is 7. The highest BCUT2D eigenvalue weighted by atomic mass is 16.1. The fraction of sp³-hybridized carbons (Fsp3) is 0.438. The van der Waals surface area contributed by atoms with Crippen molar-refractivity contribution in [1.29, 1.82) is 0 Å². The van der Waals surface area contributed by atoms with Crippen molar-refractivity contribution in [2.45, 2.75) is 45.4 Å². The summed E-state index contributed by atoms with van der Waals surface area (Å²) in [5.41, 5.74) is 1.64. The zero-order chi connectivity index (χ0) is 13.2. The molecule has 0 bridgehead atoms. The first-order chi connectivity index (χ1) is 8.76. The standard InChI is InChI=1S/C16H21NO/c1-3-5-6-7-8-9-16(18)17-15-12-10-14(4-2)11-13-15/h2,10-13H,3,5-9H2,1H3,(H,17,18). The average molecular weight is 243 g/mol. The van der Waals surface area contributed by atoms with Gasteiger partial charge in [-0.3, -0.25) is 4.79 Å². The van der Waals surface area contributed by atoms with Crippen molar-refractivity contribution in [3.05, 3.63) is 29.8 Å². The Morgan fingerprint density at radius 2 is 1.83 bits per heavy atom. The van der Waals surface area contributed by atoms with E-state index >= 15 is 0 Å². The fourth-order valence-corrected chi connectivity index (χ4v) is 1.76. The minimum Gasteiger partial charge on any atom is -0.326 e. The number of carbonyl (C=O) groups is 1. The maximum absolute atomic E-state index is 11.6. The van der Waals surface area contributed by atoms with Crippen molar-refractivity contribution in [3.63, 3.8) is 0 Å². The Bertz CT molecular complexity index is 400. The first-order valence-electron chi connectivity index (χ1n) is 6.62. The number of carbonyl (C=O) groups excluding carboxylic acids is 1. The third-order valence-electron chi connectivity index (χ3n) is 2.84. The first kappa shape index (κ1) is 14.3. The van der Waals surface area contributed by atoms with Gasteiger partial charge in [0.25, 0.3) is 0 Å². The maximum atomic E-state index is 11.6. The lowest BCUT2D eigenvalue weighted by atomic mass is 10.1. The van der Waals surface area contributed by atoms with Crippen LogP contribution in [0.25, 0.3) is 0 Å². The summed E-state index contributed by atoms with van der Waals surface area (Å²) in [6.45, 7) is 2.19. The van der Waals surface area contributed by atoms with Gasteiger partial charge in [0.15, 0.2) is 0 Å². The summed E-state index contributed by atoms with van der Waals surface area (Å²) in [5.74, 6) is 2.63. The van der Waals surface area contributed by atoms with Crippen LogP contribution >= 0.6 is 0 Å². The van der Waals surface area contributed by atoms with Crippen LogP contribution in [-0.4, -0.2) is 5.91 Å². The quantitative estimate of drug-likeness (QED) is 0.570. The topological polar surface area (TPSA) is 29.1 Å². The monoisotopic (exact) mass is 243 g/mol. The second-order valence-electron chi connectivity index (χ2n) is 4.43. The molecular formula is C16H21NO. The van der Waals surface area contributed by atoms with Gasteiger partial charge >= 0.3 is 0 Å². The molecule has 2 nitrogen and oxygen atoms in total. The van der Waals surface area contributed by atoms with Crippen LogP contribution in [0.4, 0.5) is 5.69 Å². The van der Waals surface area contributed by atoms with Crippen LogP contribution in [0.3, 0.4) is 0 Å². The number of benzene rings is 1. The third-order valence-corrected chi connectivity index (χ3v) is 2.84. The lowest BCUT2D eigenvalue weighted by Gasteiger charge is -2.05. The molecule has 0 aromatic heterocycles. The molecule has 0 aliphatic carbocycles. The van der Waals surface area contributed by atoms with Crippen LogP contribution in [-0.2, 0) is 4.79 Å². The van der Waals surface area contributed by atoms with Crippen molar-refractivity contribution in [2.24, 2.45) is 0 Å². The molecule has 2 heteroatoms. The first-order valence-corrected chi connectivity index (χ1v) is 6.62. The summed E-state index contributed by atoms with van der Waals surface area (Å²) in [5, 5.41) is 2.88. The van der Waals surface area contributed by atoms with E-state index in [0.717, 1.165) is 24.1 Å². The van der Waals surface area contributed by atoms with Crippen molar-refractivity contribution >= 4 is 11.6 Å². The van der Waals surface area contributed by atoms with Gasteiger partial charge in [0.05, 0.1) is 0 Å².